The zero-order valence-electron chi connectivity index (χ0n) is 13.7. The van der Waals surface area contributed by atoms with Gasteiger partial charge in [0.2, 0.25) is 0 Å². The lowest BCUT2D eigenvalue weighted by atomic mass is 9.82. The summed E-state index contributed by atoms with van der Waals surface area (Å²) in [6.07, 6.45) is 3.42. The first-order chi connectivity index (χ1) is 10.0. The van der Waals surface area contributed by atoms with Crippen molar-refractivity contribution in [3.63, 3.8) is 0 Å². The van der Waals surface area contributed by atoms with E-state index >= 15 is 0 Å². The second kappa shape index (κ2) is 7.26. The molecule has 1 aliphatic carbocycles. The Bertz CT molecular complexity index is 453. The fraction of sp³-hybridized carbons (Fsp3) is 0.667. The minimum absolute atomic E-state index is 0.0964. The van der Waals surface area contributed by atoms with Crippen LogP contribution in [0.25, 0.3) is 0 Å². The van der Waals surface area contributed by atoms with Gasteiger partial charge in [0.05, 0.1) is 6.10 Å². The van der Waals surface area contributed by atoms with E-state index in [1.807, 2.05) is 6.07 Å². The first kappa shape index (κ1) is 16.3. The molecule has 1 aliphatic rings. The van der Waals surface area contributed by atoms with Crippen LogP contribution in [-0.4, -0.2) is 12.6 Å². The SMILES string of the molecule is CCNC(C)c1cccc(F)c1OC1CC(C)CC(C)C1. The molecule has 0 heterocycles. The highest BCUT2D eigenvalue weighted by Crippen LogP contribution is 2.35. The molecule has 2 nitrogen and oxygen atoms in total. The molecule has 0 aromatic heterocycles. The van der Waals surface area contributed by atoms with Crippen LogP contribution in [0.3, 0.4) is 0 Å². The Morgan fingerprint density at radius 3 is 2.52 bits per heavy atom. The Hall–Kier alpha value is -1.09. The van der Waals surface area contributed by atoms with Gasteiger partial charge in [-0.3, -0.25) is 0 Å². The van der Waals surface area contributed by atoms with Gasteiger partial charge in [0.1, 0.15) is 0 Å². The van der Waals surface area contributed by atoms with Crippen molar-refractivity contribution in [3.05, 3.63) is 29.6 Å². The van der Waals surface area contributed by atoms with Crippen LogP contribution in [0, 0.1) is 17.7 Å². The summed E-state index contributed by atoms with van der Waals surface area (Å²) in [4.78, 5) is 0. The zero-order chi connectivity index (χ0) is 15.4. The fourth-order valence-electron chi connectivity index (χ4n) is 3.54. The molecule has 1 N–H and O–H groups in total. The average Bonchev–Trinajstić information content (AvgIpc) is 2.40. The molecule has 0 amide bonds. The first-order valence-electron chi connectivity index (χ1n) is 8.19. The Labute approximate surface area is 128 Å². The molecule has 1 saturated carbocycles. The molecule has 1 aromatic carbocycles. The van der Waals surface area contributed by atoms with Crippen LogP contribution in [0.15, 0.2) is 18.2 Å². The van der Waals surface area contributed by atoms with Crippen LogP contribution in [0.1, 0.15) is 58.6 Å². The monoisotopic (exact) mass is 293 g/mol. The van der Waals surface area contributed by atoms with Crippen LogP contribution in [0.5, 0.6) is 5.75 Å². The molecule has 3 atom stereocenters. The highest BCUT2D eigenvalue weighted by Gasteiger charge is 2.27. The van der Waals surface area contributed by atoms with E-state index in [-0.39, 0.29) is 18.0 Å². The molecular weight excluding hydrogens is 265 g/mol. The van der Waals surface area contributed by atoms with Crippen LogP contribution < -0.4 is 10.1 Å². The van der Waals surface area contributed by atoms with Crippen molar-refractivity contribution in [1.29, 1.82) is 0 Å². The van der Waals surface area contributed by atoms with E-state index in [1.54, 1.807) is 6.07 Å². The second-order valence-corrected chi connectivity index (χ2v) is 6.59. The highest BCUT2D eigenvalue weighted by atomic mass is 19.1. The van der Waals surface area contributed by atoms with E-state index < -0.39 is 0 Å². The van der Waals surface area contributed by atoms with Gasteiger partial charge in [-0.05, 0) is 50.6 Å². The predicted molar refractivity (Wildman–Crippen MR) is 85.1 cm³/mol. The lowest BCUT2D eigenvalue weighted by Crippen LogP contribution is -2.29. The molecular formula is C18H28FNO. The van der Waals surface area contributed by atoms with E-state index in [0.29, 0.717) is 17.6 Å². The summed E-state index contributed by atoms with van der Waals surface area (Å²) in [5.41, 5.74) is 0.919. The summed E-state index contributed by atoms with van der Waals surface area (Å²) < 4.78 is 20.4. The molecule has 1 fully saturated rings. The van der Waals surface area contributed by atoms with Crippen LogP contribution in [0.4, 0.5) is 4.39 Å². The van der Waals surface area contributed by atoms with Crippen molar-refractivity contribution in [2.45, 2.75) is 59.1 Å². The summed E-state index contributed by atoms with van der Waals surface area (Å²) in [6.45, 7) is 9.48. The maximum atomic E-state index is 14.2. The lowest BCUT2D eigenvalue weighted by molar-refractivity contribution is 0.0955. The molecule has 2 rings (SSSR count). The van der Waals surface area contributed by atoms with Crippen molar-refractivity contribution >= 4 is 0 Å². The second-order valence-electron chi connectivity index (χ2n) is 6.59. The number of hydrogen-bond donors (Lipinski definition) is 1. The number of benzene rings is 1. The van der Waals surface area contributed by atoms with E-state index in [0.717, 1.165) is 24.9 Å². The Kier molecular flexibility index (Phi) is 5.63. The summed E-state index contributed by atoms with van der Waals surface area (Å²) >= 11 is 0. The van der Waals surface area contributed by atoms with Gasteiger partial charge >= 0.3 is 0 Å². The molecule has 1 aromatic rings. The number of hydrogen-bond acceptors (Lipinski definition) is 2. The number of para-hydroxylation sites is 1. The zero-order valence-corrected chi connectivity index (χ0v) is 13.7. The smallest absolute Gasteiger partial charge is 0.165 e. The first-order valence-corrected chi connectivity index (χ1v) is 8.19. The third-order valence-corrected chi connectivity index (χ3v) is 4.39. The standard InChI is InChI=1S/C18H28FNO/c1-5-20-14(4)16-7-6-8-17(19)18(16)21-15-10-12(2)9-13(3)11-15/h6-8,12-15,20H,5,9-11H2,1-4H3. The van der Waals surface area contributed by atoms with Crippen molar-refractivity contribution in [1.82, 2.24) is 5.32 Å². The minimum atomic E-state index is -0.247. The van der Waals surface area contributed by atoms with Gasteiger partial charge in [0, 0.05) is 11.6 Å². The van der Waals surface area contributed by atoms with Crippen LogP contribution in [0.2, 0.25) is 0 Å². The molecule has 21 heavy (non-hydrogen) atoms. The third kappa shape index (κ3) is 4.19. The quantitative estimate of drug-likeness (QED) is 0.849. The van der Waals surface area contributed by atoms with Gasteiger partial charge in [-0.2, -0.15) is 0 Å². The van der Waals surface area contributed by atoms with Gasteiger partial charge in [-0.15, -0.1) is 0 Å². The Balaban J connectivity index is 2.18. The Morgan fingerprint density at radius 1 is 1.24 bits per heavy atom. The summed E-state index contributed by atoms with van der Waals surface area (Å²) in [5.74, 6) is 1.50. The fourth-order valence-corrected chi connectivity index (χ4v) is 3.54. The van der Waals surface area contributed by atoms with Gasteiger partial charge in [-0.25, -0.2) is 4.39 Å². The third-order valence-electron chi connectivity index (χ3n) is 4.39. The number of halogens is 1. The van der Waals surface area contributed by atoms with Crippen molar-refractivity contribution < 1.29 is 9.13 Å². The molecule has 0 spiro atoms. The van der Waals surface area contributed by atoms with Gasteiger partial charge < -0.3 is 10.1 Å². The topological polar surface area (TPSA) is 21.3 Å². The molecule has 0 radical (unpaired) electrons. The summed E-state index contributed by atoms with van der Waals surface area (Å²) in [6, 6.07) is 5.31. The largest absolute Gasteiger partial charge is 0.487 e. The Morgan fingerprint density at radius 2 is 1.90 bits per heavy atom. The summed E-state index contributed by atoms with van der Waals surface area (Å²) in [5, 5.41) is 3.34. The van der Waals surface area contributed by atoms with Gasteiger partial charge in [-0.1, -0.05) is 32.9 Å². The minimum Gasteiger partial charge on any atom is -0.487 e. The highest BCUT2D eigenvalue weighted by molar-refractivity contribution is 5.37. The maximum Gasteiger partial charge on any atom is 0.165 e. The molecule has 0 aliphatic heterocycles. The lowest BCUT2D eigenvalue weighted by Gasteiger charge is -2.32. The maximum absolute atomic E-state index is 14.2. The normalized spacial score (nSPS) is 27.4. The average molecular weight is 293 g/mol. The van der Waals surface area contributed by atoms with Crippen molar-refractivity contribution in [3.8, 4) is 5.75 Å². The van der Waals surface area contributed by atoms with Crippen LogP contribution >= 0.6 is 0 Å². The van der Waals surface area contributed by atoms with E-state index in [1.165, 1.54) is 12.5 Å². The van der Waals surface area contributed by atoms with Crippen molar-refractivity contribution in [2.75, 3.05) is 6.54 Å². The number of nitrogens with one attached hydrogen (secondary N) is 1. The van der Waals surface area contributed by atoms with Gasteiger partial charge in [0.25, 0.3) is 0 Å². The van der Waals surface area contributed by atoms with Gasteiger partial charge in [0.15, 0.2) is 11.6 Å². The van der Waals surface area contributed by atoms with E-state index in [9.17, 15) is 4.39 Å². The molecule has 118 valence electrons. The number of rotatable bonds is 5. The molecule has 3 unspecified atom stereocenters. The van der Waals surface area contributed by atoms with E-state index in [4.69, 9.17) is 4.74 Å². The van der Waals surface area contributed by atoms with E-state index in [2.05, 4.69) is 33.0 Å². The van der Waals surface area contributed by atoms with Crippen LogP contribution in [-0.2, 0) is 0 Å². The predicted octanol–water partition coefficient (Wildman–Crippen LogP) is 4.70. The molecule has 3 heteroatoms. The number of ether oxygens (including phenoxy) is 1. The summed E-state index contributed by atoms with van der Waals surface area (Å²) in [7, 11) is 0. The molecule has 0 saturated heterocycles. The molecule has 0 bridgehead atoms. The van der Waals surface area contributed by atoms with Crippen molar-refractivity contribution in [2.24, 2.45) is 11.8 Å².